The van der Waals surface area contributed by atoms with Crippen molar-refractivity contribution in [2.24, 2.45) is 0 Å². The zero-order chi connectivity index (χ0) is 16.4. The highest BCUT2D eigenvalue weighted by molar-refractivity contribution is 5.91. The van der Waals surface area contributed by atoms with Crippen molar-refractivity contribution in [1.29, 1.82) is 0 Å². The normalized spacial score (nSPS) is 10.7. The van der Waals surface area contributed by atoms with Crippen LogP contribution in [-0.2, 0) is 0 Å². The van der Waals surface area contributed by atoms with Gasteiger partial charge in [-0.25, -0.2) is 14.4 Å². The van der Waals surface area contributed by atoms with E-state index in [0.29, 0.717) is 11.6 Å². The number of hydrogen-bond donors (Lipinski definition) is 1. The summed E-state index contributed by atoms with van der Waals surface area (Å²) in [5.41, 5.74) is 2.33. The Morgan fingerprint density at radius 2 is 1.54 bits per heavy atom. The number of nitrogens with one attached hydrogen (secondary N) is 1. The number of aromatic nitrogens is 4. The van der Waals surface area contributed by atoms with E-state index in [-0.39, 0.29) is 5.82 Å². The van der Waals surface area contributed by atoms with E-state index >= 15 is 0 Å². The van der Waals surface area contributed by atoms with Gasteiger partial charge in [0.2, 0.25) is 0 Å². The first-order valence-corrected chi connectivity index (χ1v) is 7.34. The highest BCUT2D eigenvalue weighted by Crippen LogP contribution is 2.26. The molecule has 3 aromatic heterocycles. The second-order valence-electron chi connectivity index (χ2n) is 5.16. The summed E-state index contributed by atoms with van der Waals surface area (Å²) in [5, 5.41) is 4.06. The van der Waals surface area contributed by atoms with Crippen LogP contribution in [0.1, 0.15) is 0 Å². The number of rotatable bonds is 3. The predicted molar refractivity (Wildman–Crippen MR) is 90.2 cm³/mol. The third kappa shape index (κ3) is 2.77. The lowest BCUT2D eigenvalue weighted by atomic mass is 10.2. The Balaban J connectivity index is 1.85. The first-order valence-electron chi connectivity index (χ1n) is 7.34. The Bertz CT molecular complexity index is 987. The SMILES string of the molecule is Fc1ccc(Nc2nc(-c3ccncc3)nc3cnccc23)cc1. The van der Waals surface area contributed by atoms with Crippen molar-refractivity contribution in [2.45, 2.75) is 0 Å². The van der Waals surface area contributed by atoms with Gasteiger partial charge >= 0.3 is 0 Å². The van der Waals surface area contributed by atoms with Gasteiger partial charge in [-0.2, -0.15) is 0 Å². The summed E-state index contributed by atoms with van der Waals surface area (Å²) in [6.45, 7) is 0. The molecule has 0 aliphatic heterocycles. The van der Waals surface area contributed by atoms with Crippen molar-refractivity contribution < 1.29 is 4.39 Å². The van der Waals surface area contributed by atoms with Crippen molar-refractivity contribution in [2.75, 3.05) is 5.32 Å². The van der Waals surface area contributed by atoms with E-state index in [4.69, 9.17) is 0 Å². The van der Waals surface area contributed by atoms with Crippen LogP contribution in [0, 0.1) is 5.82 Å². The van der Waals surface area contributed by atoms with Crippen molar-refractivity contribution >= 4 is 22.4 Å². The summed E-state index contributed by atoms with van der Waals surface area (Å²) in [4.78, 5) is 17.3. The van der Waals surface area contributed by atoms with Crippen LogP contribution in [0.15, 0.2) is 67.3 Å². The Morgan fingerprint density at radius 1 is 0.792 bits per heavy atom. The lowest BCUT2D eigenvalue weighted by molar-refractivity contribution is 0.628. The Morgan fingerprint density at radius 3 is 2.33 bits per heavy atom. The molecule has 0 aliphatic carbocycles. The van der Waals surface area contributed by atoms with E-state index in [1.54, 1.807) is 36.9 Å². The molecule has 24 heavy (non-hydrogen) atoms. The molecule has 6 heteroatoms. The van der Waals surface area contributed by atoms with Crippen LogP contribution < -0.4 is 5.32 Å². The van der Waals surface area contributed by atoms with Gasteiger partial charge in [0.25, 0.3) is 0 Å². The molecule has 5 nitrogen and oxygen atoms in total. The van der Waals surface area contributed by atoms with Gasteiger partial charge in [-0.3, -0.25) is 9.97 Å². The van der Waals surface area contributed by atoms with Crippen LogP contribution in [0.4, 0.5) is 15.9 Å². The molecule has 0 saturated carbocycles. The minimum Gasteiger partial charge on any atom is -0.340 e. The maximum Gasteiger partial charge on any atom is 0.162 e. The van der Waals surface area contributed by atoms with Crippen molar-refractivity contribution in [3.63, 3.8) is 0 Å². The Hall–Kier alpha value is -3.41. The van der Waals surface area contributed by atoms with Gasteiger partial charge in [-0.1, -0.05) is 0 Å². The van der Waals surface area contributed by atoms with Gasteiger partial charge in [-0.05, 0) is 42.5 Å². The zero-order valence-corrected chi connectivity index (χ0v) is 12.5. The molecule has 0 bridgehead atoms. The van der Waals surface area contributed by atoms with Crippen LogP contribution in [0.2, 0.25) is 0 Å². The highest BCUT2D eigenvalue weighted by atomic mass is 19.1. The van der Waals surface area contributed by atoms with Gasteiger partial charge < -0.3 is 5.32 Å². The van der Waals surface area contributed by atoms with E-state index in [1.807, 2.05) is 18.2 Å². The molecule has 0 saturated heterocycles. The molecule has 0 aliphatic rings. The fourth-order valence-electron chi connectivity index (χ4n) is 2.38. The lowest BCUT2D eigenvalue weighted by Crippen LogP contribution is -1.99. The number of anilines is 2. The van der Waals surface area contributed by atoms with Gasteiger partial charge in [0.1, 0.15) is 11.6 Å². The van der Waals surface area contributed by atoms with E-state index < -0.39 is 0 Å². The number of nitrogens with zero attached hydrogens (tertiary/aromatic N) is 4. The molecule has 0 unspecified atom stereocenters. The third-order valence-corrected chi connectivity index (χ3v) is 3.54. The van der Waals surface area contributed by atoms with Gasteiger partial charge in [-0.15, -0.1) is 0 Å². The minimum absolute atomic E-state index is 0.283. The molecule has 116 valence electrons. The number of hydrogen-bond acceptors (Lipinski definition) is 5. The highest BCUT2D eigenvalue weighted by Gasteiger charge is 2.10. The molecular weight excluding hydrogens is 305 g/mol. The van der Waals surface area contributed by atoms with Gasteiger partial charge in [0, 0.05) is 35.2 Å². The fraction of sp³-hybridized carbons (Fsp3) is 0. The Kier molecular flexibility index (Phi) is 3.55. The number of halogens is 1. The van der Waals surface area contributed by atoms with Crippen LogP contribution in [-0.4, -0.2) is 19.9 Å². The number of benzene rings is 1. The average molecular weight is 317 g/mol. The van der Waals surface area contributed by atoms with Gasteiger partial charge in [0.15, 0.2) is 5.82 Å². The molecule has 0 radical (unpaired) electrons. The predicted octanol–water partition coefficient (Wildman–Crippen LogP) is 3.97. The maximum atomic E-state index is 13.1. The van der Waals surface area contributed by atoms with E-state index in [9.17, 15) is 4.39 Å². The maximum absolute atomic E-state index is 13.1. The Labute approximate surface area is 137 Å². The van der Waals surface area contributed by atoms with Crippen LogP contribution in [0.5, 0.6) is 0 Å². The minimum atomic E-state index is -0.283. The standard InChI is InChI=1S/C18H12FN5/c19-13-1-3-14(4-2-13)22-18-15-7-10-21-11-16(15)23-17(24-18)12-5-8-20-9-6-12/h1-11H,(H,22,23,24). The number of pyridine rings is 2. The summed E-state index contributed by atoms with van der Waals surface area (Å²) >= 11 is 0. The second-order valence-corrected chi connectivity index (χ2v) is 5.16. The zero-order valence-electron chi connectivity index (χ0n) is 12.5. The van der Waals surface area contributed by atoms with Gasteiger partial charge in [0.05, 0.1) is 11.7 Å². The molecule has 4 aromatic rings. The molecular formula is C18H12FN5. The lowest BCUT2D eigenvalue weighted by Gasteiger charge is -2.10. The van der Waals surface area contributed by atoms with Crippen molar-refractivity contribution in [3.05, 3.63) is 73.1 Å². The molecule has 1 aromatic carbocycles. The largest absolute Gasteiger partial charge is 0.340 e. The van der Waals surface area contributed by atoms with E-state index in [1.165, 1.54) is 12.1 Å². The first kappa shape index (κ1) is 14.2. The van der Waals surface area contributed by atoms with E-state index in [2.05, 4.69) is 25.3 Å². The second kappa shape index (κ2) is 6.00. The molecule has 0 atom stereocenters. The molecule has 3 heterocycles. The molecule has 1 N–H and O–H groups in total. The monoisotopic (exact) mass is 317 g/mol. The summed E-state index contributed by atoms with van der Waals surface area (Å²) in [5.74, 6) is 0.929. The number of fused-ring (bicyclic) bond motifs is 1. The summed E-state index contributed by atoms with van der Waals surface area (Å²) < 4.78 is 13.1. The van der Waals surface area contributed by atoms with Crippen LogP contribution >= 0.6 is 0 Å². The first-order chi connectivity index (χ1) is 11.8. The molecule has 0 amide bonds. The van der Waals surface area contributed by atoms with Crippen LogP contribution in [0.3, 0.4) is 0 Å². The van der Waals surface area contributed by atoms with Crippen LogP contribution in [0.25, 0.3) is 22.3 Å². The quantitative estimate of drug-likeness (QED) is 0.619. The molecule has 0 spiro atoms. The smallest absolute Gasteiger partial charge is 0.162 e. The average Bonchev–Trinajstić information content (AvgIpc) is 2.64. The van der Waals surface area contributed by atoms with Crippen molar-refractivity contribution in [1.82, 2.24) is 19.9 Å². The topological polar surface area (TPSA) is 63.6 Å². The third-order valence-electron chi connectivity index (χ3n) is 3.54. The molecule has 4 rings (SSSR count). The summed E-state index contributed by atoms with van der Waals surface area (Å²) in [6, 6.07) is 11.7. The summed E-state index contributed by atoms with van der Waals surface area (Å²) in [6.07, 6.45) is 6.77. The molecule has 0 fully saturated rings. The fourth-order valence-corrected chi connectivity index (χ4v) is 2.38. The van der Waals surface area contributed by atoms with E-state index in [0.717, 1.165) is 22.2 Å². The summed E-state index contributed by atoms with van der Waals surface area (Å²) in [7, 11) is 0. The van der Waals surface area contributed by atoms with Crippen molar-refractivity contribution in [3.8, 4) is 11.4 Å².